The third kappa shape index (κ3) is 3.95. The number of carbonyl (C=O) groups is 3. The third-order valence-electron chi connectivity index (χ3n) is 5.36. The van der Waals surface area contributed by atoms with Gasteiger partial charge in [0.1, 0.15) is 0 Å². The number of aromatic nitrogens is 4. The lowest BCUT2D eigenvalue weighted by atomic mass is 9.98. The number of nitrogens with zero attached hydrogens (tertiary/aromatic N) is 3. The van der Waals surface area contributed by atoms with Gasteiger partial charge in [0.15, 0.2) is 17.4 Å². The van der Waals surface area contributed by atoms with Gasteiger partial charge >= 0.3 is 0 Å². The molecule has 0 aliphatic carbocycles. The summed E-state index contributed by atoms with van der Waals surface area (Å²) < 4.78 is 1.62. The lowest BCUT2D eigenvalue weighted by Gasteiger charge is -2.07. The summed E-state index contributed by atoms with van der Waals surface area (Å²) in [7, 11) is 1.73. The highest BCUT2D eigenvalue weighted by molar-refractivity contribution is 6.32. The first-order chi connectivity index (χ1) is 16.5. The highest BCUT2D eigenvalue weighted by atomic mass is 16.2. The van der Waals surface area contributed by atoms with E-state index in [1.807, 2.05) is 0 Å². The molecule has 10 nitrogen and oxygen atoms in total. The van der Waals surface area contributed by atoms with Gasteiger partial charge in [0, 0.05) is 66.0 Å². The molecule has 2 aromatic heterocycles. The normalized spacial score (nSPS) is 13.4. The van der Waals surface area contributed by atoms with E-state index in [1.54, 1.807) is 84.9 Å². The predicted molar refractivity (Wildman–Crippen MR) is 126 cm³/mol. The van der Waals surface area contributed by atoms with Gasteiger partial charge in [-0.25, -0.2) is 4.98 Å². The predicted octanol–water partition coefficient (Wildman–Crippen LogP) is 3.03. The van der Waals surface area contributed by atoms with Crippen molar-refractivity contribution in [1.29, 1.82) is 0 Å². The van der Waals surface area contributed by atoms with E-state index in [0.29, 0.717) is 39.5 Å². The number of aromatic amines is 1. The first-order valence-corrected chi connectivity index (χ1v) is 10.4. The summed E-state index contributed by atoms with van der Waals surface area (Å²) in [6.45, 7) is 0. The molecule has 4 aromatic rings. The molecule has 0 bridgehead atoms. The lowest BCUT2D eigenvalue weighted by molar-refractivity contribution is -0.110. The average Bonchev–Trinajstić information content (AvgIpc) is 3.57. The van der Waals surface area contributed by atoms with Crippen LogP contribution in [0, 0.1) is 0 Å². The van der Waals surface area contributed by atoms with Crippen LogP contribution in [0.15, 0.2) is 73.3 Å². The second-order valence-electron chi connectivity index (χ2n) is 7.60. The number of hydrogen-bond donors (Lipinski definition) is 4. The fourth-order valence-corrected chi connectivity index (χ4v) is 3.60. The van der Waals surface area contributed by atoms with Gasteiger partial charge in [0.05, 0.1) is 5.57 Å². The van der Waals surface area contributed by atoms with Crippen LogP contribution >= 0.6 is 0 Å². The van der Waals surface area contributed by atoms with Crippen molar-refractivity contribution < 1.29 is 14.4 Å². The van der Waals surface area contributed by atoms with Crippen LogP contribution < -0.4 is 16.0 Å². The van der Waals surface area contributed by atoms with Gasteiger partial charge in [0.2, 0.25) is 0 Å². The molecular weight excluding hydrogens is 434 g/mol. The molecule has 2 amide bonds. The number of carbonyl (C=O) groups excluding carboxylic acids is 3. The number of imidazole rings is 1. The number of anilines is 3. The molecule has 3 heterocycles. The zero-order valence-electron chi connectivity index (χ0n) is 18.0. The molecule has 0 saturated carbocycles. The summed E-state index contributed by atoms with van der Waals surface area (Å²) in [5.74, 6) is 0.0347. The zero-order valence-corrected chi connectivity index (χ0v) is 18.0. The Bertz CT molecular complexity index is 1430. The number of ketones is 1. The molecule has 0 saturated heterocycles. The molecule has 1 aliphatic rings. The van der Waals surface area contributed by atoms with Crippen LogP contribution in [-0.2, 0) is 11.8 Å². The van der Waals surface area contributed by atoms with E-state index in [2.05, 4.69) is 31.1 Å². The number of rotatable bonds is 6. The molecule has 5 rings (SSSR count). The monoisotopic (exact) mass is 453 g/mol. The van der Waals surface area contributed by atoms with E-state index >= 15 is 0 Å². The highest BCUT2D eigenvalue weighted by Crippen LogP contribution is 2.33. The minimum absolute atomic E-state index is 0.205. The number of hydrogen-bond acceptors (Lipinski definition) is 6. The smallest absolute Gasteiger partial charge is 0.291 e. The molecule has 2 aromatic carbocycles. The Labute approximate surface area is 193 Å². The van der Waals surface area contributed by atoms with E-state index in [1.165, 1.54) is 0 Å². The first-order valence-electron chi connectivity index (χ1n) is 10.4. The van der Waals surface area contributed by atoms with Gasteiger partial charge in [-0.2, -0.15) is 5.10 Å². The number of H-pyrrole nitrogens is 1. The molecule has 0 atom stereocenters. The molecule has 4 N–H and O–H groups in total. The fourth-order valence-electron chi connectivity index (χ4n) is 3.60. The maximum Gasteiger partial charge on any atom is 0.291 e. The molecule has 0 unspecified atom stereocenters. The van der Waals surface area contributed by atoms with E-state index in [9.17, 15) is 14.4 Å². The molecule has 10 heteroatoms. The van der Waals surface area contributed by atoms with Crippen molar-refractivity contribution >= 4 is 40.4 Å². The van der Waals surface area contributed by atoms with Gasteiger partial charge in [-0.15, -0.1) is 0 Å². The van der Waals surface area contributed by atoms with Crippen molar-refractivity contribution in [3.8, 4) is 0 Å². The minimum atomic E-state index is -0.342. The maximum absolute atomic E-state index is 13.1. The van der Waals surface area contributed by atoms with E-state index in [0.717, 1.165) is 0 Å². The molecule has 0 fully saturated rings. The number of amides is 2. The van der Waals surface area contributed by atoms with Gasteiger partial charge in [0.25, 0.3) is 11.8 Å². The molecule has 1 aliphatic heterocycles. The lowest BCUT2D eigenvalue weighted by Crippen LogP contribution is -2.16. The Hall–Kier alpha value is -4.99. The van der Waals surface area contributed by atoms with Crippen molar-refractivity contribution in [3.05, 3.63) is 95.8 Å². The Kier molecular flexibility index (Phi) is 5.23. The summed E-state index contributed by atoms with van der Waals surface area (Å²) in [6, 6.07) is 13.4. The van der Waals surface area contributed by atoms with Crippen molar-refractivity contribution in [3.63, 3.8) is 0 Å². The standard InChI is InChI=1S/C24H19N7O3/c1-31-11-10-25-22(31)24(34)28-16-5-2-14(3-6-16)21(32)15-4-7-19-17(12-15)18(23(33)29-19)13-26-20-8-9-27-30-20/h2-13H,1H3,(H,28,34)(H,29,33)(H2,26,27,30)/b18-13-. The van der Waals surface area contributed by atoms with Crippen LogP contribution in [-0.4, -0.2) is 37.3 Å². The van der Waals surface area contributed by atoms with E-state index in [-0.39, 0.29) is 23.4 Å². The summed E-state index contributed by atoms with van der Waals surface area (Å²) in [6.07, 6.45) is 6.45. The number of aryl methyl sites for hydroxylation is 1. The minimum Gasteiger partial charge on any atom is -0.344 e. The van der Waals surface area contributed by atoms with Gasteiger partial charge < -0.3 is 20.5 Å². The third-order valence-corrected chi connectivity index (χ3v) is 5.36. The van der Waals surface area contributed by atoms with Crippen molar-refractivity contribution in [1.82, 2.24) is 19.7 Å². The second-order valence-corrected chi connectivity index (χ2v) is 7.60. The summed E-state index contributed by atoms with van der Waals surface area (Å²) in [5.41, 5.74) is 3.09. The molecular formula is C24H19N7O3. The highest BCUT2D eigenvalue weighted by Gasteiger charge is 2.25. The van der Waals surface area contributed by atoms with Crippen LogP contribution in [0.4, 0.5) is 17.2 Å². The maximum atomic E-state index is 13.1. The van der Waals surface area contributed by atoms with Crippen molar-refractivity contribution in [2.24, 2.45) is 7.05 Å². The van der Waals surface area contributed by atoms with Crippen molar-refractivity contribution in [2.45, 2.75) is 0 Å². The van der Waals surface area contributed by atoms with Crippen LogP contribution in [0.3, 0.4) is 0 Å². The molecule has 34 heavy (non-hydrogen) atoms. The van der Waals surface area contributed by atoms with Gasteiger partial charge in [-0.3, -0.25) is 19.5 Å². The number of nitrogens with one attached hydrogen (secondary N) is 4. The fraction of sp³-hybridized carbons (Fsp3) is 0.0417. The van der Waals surface area contributed by atoms with Gasteiger partial charge in [-0.05, 0) is 42.5 Å². The van der Waals surface area contributed by atoms with Crippen molar-refractivity contribution in [2.75, 3.05) is 16.0 Å². The van der Waals surface area contributed by atoms with Crippen LogP contribution in [0.25, 0.3) is 5.57 Å². The molecule has 168 valence electrons. The average molecular weight is 453 g/mol. The first kappa shape index (κ1) is 20.9. The summed E-state index contributed by atoms with van der Waals surface area (Å²) >= 11 is 0. The van der Waals surface area contributed by atoms with Gasteiger partial charge in [-0.1, -0.05) is 0 Å². The molecule has 0 radical (unpaired) electrons. The van der Waals surface area contributed by atoms with Crippen LogP contribution in [0.5, 0.6) is 0 Å². The number of fused-ring (bicyclic) bond motifs is 1. The second kappa shape index (κ2) is 8.51. The van der Waals surface area contributed by atoms with E-state index < -0.39 is 0 Å². The zero-order chi connectivity index (χ0) is 23.7. The Morgan fingerprint density at radius 2 is 1.85 bits per heavy atom. The SMILES string of the molecule is Cn1ccnc1C(=O)Nc1ccc(C(=O)c2ccc3c(c2)/C(=C/Nc2cc[nH]n2)C(=O)N3)cc1. The Morgan fingerprint density at radius 1 is 1.06 bits per heavy atom. The summed E-state index contributed by atoms with van der Waals surface area (Å²) in [5, 5.41) is 15.2. The Balaban J connectivity index is 1.34. The van der Waals surface area contributed by atoms with Crippen LogP contribution in [0.1, 0.15) is 32.1 Å². The largest absolute Gasteiger partial charge is 0.344 e. The topological polar surface area (TPSA) is 134 Å². The van der Waals surface area contributed by atoms with Crippen LogP contribution in [0.2, 0.25) is 0 Å². The molecule has 0 spiro atoms. The quantitative estimate of drug-likeness (QED) is 0.262. The number of benzene rings is 2. The van der Waals surface area contributed by atoms with E-state index in [4.69, 9.17) is 0 Å². The summed E-state index contributed by atoms with van der Waals surface area (Å²) in [4.78, 5) is 41.8. The Morgan fingerprint density at radius 3 is 2.56 bits per heavy atom.